The molecule has 0 aliphatic heterocycles. The first kappa shape index (κ1) is 22.0. The lowest BCUT2D eigenvalue weighted by atomic mass is 10.2. The van der Waals surface area contributed by atoms with E-state index in [9.17, 15) is 17.2 Å². The summed E-state index contributed by atoms with van der Waals surface area (Å²) >= 11 is 1.39. The van der Waals surface area contributed by atoms with Crippen molar-refractivity contribution in [3.63, 3.8) is 0 Å². The first-order chi connectivity index (χ1) is 14.4. The molecule has 0 N–H and O–H groups in total. The number of alkyl halides is 2. The van der Waals surface area contributed by atoms with Crippen LogP contribution in [0.25, 0.3) is 11.4 Å². The fourth-order valence-corrected chi connectivity index (χ4v) is 4.37. The Morgan fingerprint density at radius 2 is 1.87 bits per heavy atom. The summed E-state index contributed by atoms with van der Waals surface area (Å²) in [5.74, 6) is -1.68. The Balaban J connectivity index is 1.82. The van der Waals surface area contributed by atoms with Crippen molar-refractivity contribution in [3.8, 4) is 17.1 Å². The summed E-state index contributed by atoms with van der Waals surface area (Å²) in [5, 5.41) is 9.19. The number of allylic oxidation sites excluding steroid dienone is 1. The average Bonchev–Trinajstić information content (AvgIpc) is 3.15. The Labute approximate surface area is 177 Å². The summed E-state index contributed by atoms with van der Waals surface area (Å²) < 4.78 is 55.7. The zero-order chi connectivity index (χ0) is 21.7. The quantitative estimate of drug-likeness (QED) is 0.354. The molecule has 0 aliphatic carbocycles. The molecule has 0 unspecified atom stereocenters. The first-order valence-electron chi connectivity index (χ1n) is 8.79. The topological polar surface area (TPSA) is 74.1 Å². The minimum atomic E-state index is -4.60. The van der Waals surface area contributed by atoms with E-state index in [1.54, 1.807) is 13.2 Å². The van der Waals surface area contributed by atoms with Crippen LogP contribution in [-0.2, 0) is 22.1 Å². The fourth-order valence-electron chi connectivity index (χ4n) is 2.74. The fraction of sp³-hybridized carbons (Fsp3) is 0.200. The third-order valence-electron chi connectivity index (χ3n) is 4.23. The summed E-state index contributed by atoms with van der Waals surface area (Å²) in [5.41, 5.74) is 1.56. The monoisotopic (exact) mass is 451 g/mol. The first-order valence-corrected chi connectivity index (χ1v) is 11.3. The molecule has 10 heteroatoms. The van der Waals surface area contributed by atoms with Gasteiger partial charge in [0.25, 0.3) is 0 Å². The summed E-state index contributed by atoms with van der Waals surface area (Å²) in [6.45, 7) is 4.26. The van der Waals surface area contributed by atoms with E-state index < -0.39 is 20.5 Å². The van der Waals surface area contributed by atoms with E-state index in [1.165, 1.54) is 36.0 Å². The highest BCUT2D eigenvalue weighted by atomic mass is 32.2. The normalized spacial score (nSPS) is 11.6. The van der Waals surface area contributed by atoms with Crippen LogP contribution in [0.5, 0.6) is 5.75 Å². The molecular formula is C20H19F2N3O3S2. The number of methoxy groups -OCH3 is 1. The van der Waals surface area contributed by atoms with Gasteiger partial charge in [0.15, 0.2) is 11.0 Å². The van der Waals surface area contributed by atoms with Gasteiger partial charge in [0.1, 0.15) is 5.75 Å². The van der Waals surface area contributed by atoms with Crippen molar-refractivity contribution in [1.29, 1.82) is 0 Å². The smallest absolute Gasteiger partial charge is 0.341 e. The molecule has 0 bridgehead atoms. The molecule has 0 saturated carbocycles. The van der Waals surface area contributed by atoms with E-state index in [2.05, 4.69) is 16.8 Å². The summed E-state index contributed by atoms with van der Waals surface area (Å²) in [7, 11) is -3.01. The van der Waals surface area contributed by atoms with E-state index in [0.29, 0.717) is 29.0 Å². The summed E-state index contributed by atoms with van der Waals surface area (Å²) in [6, 6.07) is 12.9. The van der Waals surface area contributed by atoms with E-state index in [4.69, 9.17) is 4.74 Å². The highest BCUT2D eigenvalue weighted by Gasteiger charge is 2.26. The number of hydrogen-bond donors (Lipinski definition) is 0. The second-order valence-corrected chi connectivity index (χ2v) is 9.00. The van der Waals surface area contributed by atoms with Gasteiger partial charge in [-0.3, -0.25) is 4.57 Å². The van der Waals surface area contributed by atoms with Crippen LogP contribution >= 0.6 is 11.8 Å². The molecule has 0 fully saturated rings. The Hall–Kier alpha value is -2.72. The Bertz CT molecular complexity index is 1130. The van der Waals surface area contributed by atoms with Gasteiger partial charge in [0.2, 0.25) is 9.84 Å². The minimum absolute atomic E-state index is 0.403. The Kier molecular flexibility index (Phi) is 6.88. The lowest BCUT2D eigenvalue weighted by molar-refractivity contribution is 0.234. The van der Waals surface area contributed by atoms with Gasteiger partial charge in [-0.1, -0.05) is 42.1 Å². The van der Waals surface area contributed by atoms with Gasteiger partial charge in [-0.25, -0.2) is 8.42 Å². The van der Waals surface area contributed by atoms with Crippen molar-refractivity contribution in [2.75, 3.05) is 7.11 Å². The Morgan fingerprint density at radius 1 is 1.17 bits per heavy atom. The number of ether oxygens (including phenoxy) is 1. The van der Waals surface area contributed by atoms with Crippen molar-refractivity contribution < 1.29 is 21.9 Å². The molecule has 1 heterocycles. The Morgan fingerprint density at radius 3 is 2.50 bits per heavy atom. The molecule has 3 rings (SSSR count). The van der Waals surface area contributed by atoms with E-state index >= 15 is 0 Å². The standard InChI is InChI=1S/C20H19F2N3O3S2/c1-3-12-25-18(16-6-4-5-7-17(16)28-2)23-24-20(25)29-13-14-8-10-15(11-9-14)30(26,27)19(21)22/h3-11,19H,1,12-13H2,2H3. The lowest BCUT2D eigenvalue weighted by Gasteiger charge is -2.10. The van der Waals surface area contributed by atoms with Gasteiger partial charge < -0.3 is 4.74 Å². The number of aromatic nitrogens is 3. The van der Waals surface area contributed by atoms with Crippen LogP contribution in [0.2, 0.25) is 0 Å². The SMILES string of the molecule is C=CCn1c(SCc2ccc(S(=O)(=O)C(F)F)cc2)nnc1-c1ccccc1OC. The maximum absolute atomic E-state index is 12.7. The van der Waals surface area contributed by atoms with Gasteiger partial charge in [-0.2, -0.15) is 8.78 Å². The van der Waals surface area contributed by atoms with Crippen LogP contribution in [0.1, 0.15) is 5.56 Å². The molecule has 0 aliphatic rings. The van der Waals surface area contributed by atoms with Crippen molar-refractivity contribution in [2.45, 2.75) is 28.1 Å². The van der Waals surface area contributed by atoms with Crippen LogP contribution in [0.4, 0.5) is 8.78 Å². The van der Waals surface area contributed by atoms with Gasteiger partial charge in [-0.05, 0) is 29.8 Å². The van der Waals surface area contributed by atoms with Gasteiger partial charge in [-0.15, -0.1) is 16.8 Å². The van der Waals surface area contributed by atoms with Gasteiger partial charge in [0.05, 0.1) is 17.6 Å². The largest absolute Gasteiger partial charge is 0.496 e. The molecule has 158 valence electrons. The van der Waals surface area contributed by atoms with Crippen LogP contribution in [0, 0.1) is 0 Å². The molecule has 0 saturated heterocycles. The number of halogens is 2. The molecule has 1 aromatic heterocycles. The lowest BCUT2D eigenvalue weighted by Crippen LogP contribution is -2.11. The average molecular weight is 452 g/mol. The second-order valence-electron chi connectivity index (χ2n) is 6.14. The van der Waals surface area contributed by atoms with E-state index in [1.807, 2.05) is 28.8 Å². The maximum atomic E-state index is 12.7. The third kappa shape index (κ3) is 4.54. The summed E-state index contributed by atoms with van der Waals surface area (Å²) in [6.07, 6.45) is 1.73. The number of rotatable bonds is 9. The number of nitrogens with zero attached hydrogens (tertiary/aromatic N) is 3. The molecule has 0 atom stereocenters. The van der Waals surface area contributed by atoms with E-state index in [0.717, 1.165) is 11.1 Å². The molecule has 0 radical (unpaired) electrons. The minimum Gasteiger partial charge on any atom is -0.496 e. The molecule has 2 aromatic carbocycles. The number of hydrogen-bond acceptors (Lipinski definition) is 6. The number of benzene rings is 2. The molecule has 6 nitrogen and oxygen atoms in total. The molecule has 3 aromatic rings. The number of sulfone groups is 1. The van der Waals surface area contributed by atoms with Crippen LogP contribution in [0.15, 0.2) is 71.2 Å². The zero-order valence-electron chi connectivity index (χ0n) is 16.0. The van der Waals surface area contributed by atoms with Crippen molar-refractivity contribution in [3.05, 3.63) is 66.7 Å². The van der Waals surface area contributed by atoms with Crippen LogP contribution in [-0.4, -0.2) is 36.0 Å². The zero-order valence-corrected chi connectivity index (χ0v) is 17.7. The highest BCUT2D eigenvalue weighted by molar-refractivity contribution is 7.98. The number of para-hydroxylation sites is 1. The summed E-state index contributed by atoms with van der Waals surface area (Å²) in [4.78, 5) is -0.403. The predicted molar refractivity (Wildman–Crippen MR) is 111 cm³/mol. The van der Waals surface area contributed by atoms with Crippen LogP contribution < -0.4 is 4.74 Å². The van der Waals surface area contributed by atoms with Crippen molar-refractivity contribution >= 4 is 21.6 Å². The van der Waals surface area contributed by atoms with Gasteiger partial charge in [0, 0.05) is 12.3 Å². The van der Waals surface area contributed by atoms with Crippen molar-refractivity contribution in [1.82, 2.24) is 14.8 Å². The van der Waals surface area contributed by atoms with Crippen LogP contribution in [0.3, 0.4) is 0 Å². The van der Waals surface area contributed by atoms with E-state index in [-0.39, 0.29) is 0 Å². The predicted octanol–water partition coefficient (Wildman–Crippen LogP) is 4.43. The van der Waals surface area contributed by atoms with Crippen molar-refractivity contribution in [2.24, 2.45) is 0 Å². The molecule has 0 amide bonds. The second kappa shape index (κ2) is 9.40. The highest BCUT2D eigenvalue weighted by Crippen LogP contribution is 2.32. The van der Waals surface area contributed by atoms with Gasteiger partial charge >= 0.3 is 5.76 Å². The molecule has 0 spiro atoms. The third-order valence-corrected chi connectivity index (χ3v) is 6.67. The number of thioether (sulfide) groups is 1. The molecule has 30 heavy (non-hydrogen) atoms. The molecular weight excluding hydrogens is 432 g/mol. The maximum Gasteiger partial charge on any atom is 0.341 e.